The highest BCUT2D eigenvalue weighted by Gasteiger charge is 2.46. The van der Waals surface area contributed by atoms with Crippen LogP contribution in [0.15, 0.2) is 40.9 Å². The van der Waals surface area contributed by atoms with E-state index in [-0.39, 0.29) is 30.4 Å². The van der Waals surface area contributed by atoms with Gasteiger partial charge in [0.05, 0.1) is 30.0 Å². The smallest absolute Gasteiger partial charge is 0.306 e. The van der Waals surface area contributed by atoms with Crippen LogP contribution < -0.4 is 4.90 Å². The number of halogens is 2. The lowest BCUT2D eigenvalue weighted by Gasteiger charge is -2.33. The van der Waals surface area contributed by atoms with Crippen molar-refractivity contribution in [2.45, 2.75) is 77.0 Å². The minimum Gasteiger partial charge on any atom is -0.466 e. The van der Waals surface area contributed by atoms with Crippen molar-refractivity contribution in [2.75, 3.05) is 18.1 Å². The zero-order valence-electron chi connectivity index (χ0n) is 22.4. The highest BCUT2D eigenvalue weighted by atomic mass is 35.5. The number of ether oxygens (including phenoxy) is 2. The van der Waals surface area contributed by atoms with Crippen molar-refractivity contribution in [3.05, 3.63) is 69.7 Å². The maximum Gasteiger partial charge on any atom is 0.306 e. The van der Waals surface area contributed by atoms with Gasteiger partial charge < -0.3 is 18.9 Å². The van der Waals surface area contributed by atoms with Crippen LogP contribution >= 0.6 is 11.6 Å². The molecule has 0 unspecified atom stereocenters. The number of carbonyl (C=O) groups excluding carboxylic acids is 1. The van der Waals surface area contributed by atoms with Gasteiger partial charge in [0.1, 0.15) is 17.3 Å². The Bertz CT molecular complexity index is 1350. The molecule has 3 aliphatic rings. The second-order valence-corrected chi connectivity index (χ2v) is 11.5. The average molecular weight is 553 g/mol. The van der Waals surface area contributed by atoms with E-state index in [9.17, 15) is 4.79 Å². The van der Waals surface area contributed by atoms with Gasteiger partial charge in [-0.05, 0) is 75.3 Å². The summed E-state index contributed by atoms with van der Waals surface area (Å²) in [5.41, 5.74) is 5.21. The summed E-state index contributed by atoms with van der Waals surface area (Å²) in [6, 6.07) is 11.4. The number of nitrogens with zero attached hydrogens (tertiary/aromatic N) is 2. The number of fused-ring (bicyclic) bond motifs is 2. The lowest BCUT2D eigenvalue weighted by molar-refractivity contribution is -0.143. The van der Waals surface area contributed by atoms with Gasteiger partial charge in [-0.15, -0.1) is 0 Å². The Kier molecular flexibility index (Phi) is 7.38. The van der Waals surface area contributed by atoms with Gasteiger partial charge >= 0.3 is 5.97 Å². The summed E-state index contributed by atoms with van der Waals surface area (Å²) in [7, 11) is 0. The first-order valence-electron chi connectivity index (χ1n) is 14.0. The summed E-state index contributed by atoms with van der Waals surface area (Å²) >= 11 is 6.58. The summed E-state index contributed by atoms with van der Waals surface area (Å²) in [6.07, 6.45) is 4.91. The molecule has 8 heteroatoms. The molecule has 1 aromatic heterocycles. The van der Waals surface area contributed by atoms with Crippen LogP contribution in [0.25, 0.3) is 11.3 Å². The Balaban J connectivity index is 1.11. The molecular weight excluding hydrogens is 519 g/mol. The predicted octanol–water partition coefficient (Wildman–Crippen LogP) is 7.00. The van der Waals surface area contributed by atoms with E-state index in [0.29, 0.717) is 42.2 Å². The molecule has 0 amide bonds. The number of hydrogen-bond acceptors (Lipinski definition) is 6. The van der Waals surface area contributed by atoms with Gasteiger partial charge in [0.15, 0.2) is 0 Å². The molecule has 6 nitrogen and oxygen atoms in total. The van der Waals surface area contributed by atoms with E-state index in [1.54, 1.807) is 13.0 Å². The number of anilines is 1. The molecule has 39 heavy (non-hydrogen) atoms. The summed E-state index contributed by atoms with van der Waals surface area (Å²) in [6.45, 7) is 5.38. The van der Waals surface area contributed by atoms with E-state index in [4.69, 9.17) is 25.6 Å². The van der Waals surface area contributed by atoms with Gasteiger partial charge in [-0.1, -0.05) is 35.0 Å². The highest BCUT2D eigenvalue weighted by molar-refractivity contribution is 6.33. The molecule has 3 aromatic rings. The molecule has 3 atom stereocenters. The number of aryl methyl sites for hydroxylation is 2. The van der Waals surface area contributed by atoms with E-state index in [2.05, 4.69) is 10.1 Å². The molecule has 1 saturated heterocycles. The van der Waals surface area contributed by atoms with Gasteiger partial charge in [0, 0.05) is 42.0 Å². The maximum atomic E-state index is 15.1. The van der Waals surface area contributed by atoms with Gasteiger partial charge in [-0.2, -0.15) is 0 Å². The van der Waals surface area contributed by atoms with Crippen LogP contribution in [0.2, 0.25) is 5.02 Å². The van der Waals surface area contributed by atoms with Crippen molar-refractivity contribution >= 4 is 23.3 Å². The van der Waals surface area contributed by atoms with Crippen LogP contribution in [0.3, 0.4) is 0 Å². The van der Waals surface area contributed by atoms with Gasteiger partial charge in [0.2, 0.25) is 0 Å². The minimum absolute atomic E-state index is 0.111. The fourth-order valence-corrected chi connectivity index (χ4v) is 6.58. The number of hydrogen-bond donors (Lipinski definition) is 0. The van der Waals surface area contributed by atoms with Crippen molar-refractivity contribution in [3.8, 4) is 11.3 Å². The Hall–Kier alpha value is -2.90. The number of esters is 1. The summed E-state index contributed by atoms with van der Waals surface area (Å²) in [4.78, 5) is 13.8. The fraction of sp³-hybridized carbons (Fsp3) is 0.484. The molecule has 0 radical (unpaired) electrons. The Morgan fingerprint density at radius 1 is 1.23 bits per heavy atom. The lowest BCUT2D eigenvalue weighted by Crippen LogP contribution is -2.39. The summed E-state index contributed by atoms with van der Waals surface area (Å²) in [5, 5.41) is 5.11. The van der Waals surface area contributed by atoms with Crippen molar-refractivity contribution in [1.29, 1.82) is 0 Å². The topological polar surface area (TPSA) is 64.8 Å². The number of benzene rings is 2. The van der Waals surface area contributed by atoms with Crippen LogP contribution in [-0.4, -0.2) is 36.4 Å². The second-order valence-electron chi connectivity index (χ2n) is 11.1. The zero-order valence-corrected chi connectivity index (χ0v) is 23.2. The lowest BCUT2D eigenvalue weighted by atomic mass is 10.00. The second kappa shape index (κ2) is 10.9. The Labute approximate surface area is 233 Å². The van der Waals surface area contributed by atoms with E-state index in [0.717, 1.165) is 65.9 Å². The van der Waals surface area contributed by atoms with E-state index in [1.165, 1.54) is 0 Å². The normalized spacial score (nSPS) is 22.1. The van der Waals surface area contributed by atoms with Crippen LogP contribution in [0.5, 0.6) is 0 Å². The maximum absolute atomic E-state index is 15.1. The van der Waals surface area contributed by atoms with Crippen LogP contribution in [0, 0.1) is 18.7 Å². The van der Waals surface area contributed by atoms with Crippen molar-refractivity contribution in [2.24, 2.45) is 5.92 Å². The predicted molar refractivity (Wildman–Crippen MR) is 147 cm³/mol. The third kappa shape index (κ3) is 5.31. The fourth-order valence-electron chi connectivity index (χ4n) is 6.27. The van der Waals surface area contributed by atoms with Crippen LogP contribution in [0.4, 0.5) is 10.1 Å². The molecule has 0 spiro atoms. The molecule has 1 aliphatic heterocycles. The summed E-state index contributed by atoms with van der Waals surface area (Å²) in [5.74, 6) is 1.19. The number of carbonyl (C=O) groups is 1. The molecule has 2 aromatic carbocycles. The molecule has 2 saturated carbocycles. The molecular formula is C31H34ClFN2O4. The third-order valence-electron chi connectivity index (χ3n) is 8.39. The van der Waals surface area contributed by atoms with Crippen molar-refractivity contribution in [1.82, 2.24) is 5.16 Å². The van der Waals surface area contributed by atoms with Crippen molar-refractivity contribution in [3.63, 3.8) is 0 Å². The monoisotopic (exact) mass is 552 g/mol. The van der Waals surface area contributed by atoms with Gasteiger partial charge in [0.25, 0.3) is 0 Å². The standard InChI is InChI=1S/C31H34ClFN2O4/c1-3-37-28(36)12-8-19-7-11-26(25(33)13-19)35-16-21-14-22(35)15-27(21)38-17-23-30(34-39-31(23)20-9-10-20)29-18(2)5-4-6-24(29)32/h4-7,11,13,20-22,27H,3,8-10,12,14-17H2,1-2H3/t21-,22-,27+/m0/s1. The molecule has 3 fully saturated rings. The van der Waals surface area contributed by atoms with Crippen LogP contribution in [0.1, 0.15) is 67.4 Å². The van der Waals surface area contributed by atoms with E-state index in [1.807, 2.05) is 37.3 Å². The van der Waals surface area contributed by atoms with Crippen molar-refractivity contribution < 1.29 is 23.2 Å². The zero-order chi connectivity index (χ0) is 27.1. The first kappa shape index (κ1) is 26.3. The quantitative estimate of drug-likeness (QED) is 0.252. The average Bonchev–Trinajstić information content (AvgIpc) is 3.37. The third-order valence-corrected chi connectivity index (χ3v) is 8.70. The molecule has 2 bridgehead atoms. The number of aromatic nitrogens is 1. The largest absolute Gasteiger partial charge is 0.466 e. The minimum atomic E-state index is -0.255. The van der Waals surface area contributed by atoms with Crippen LogP contribution in [-0.2, 0) is 27.3 Å². The molecule has 6 rings (SSSR count). The van der Waals surface area contributed by atoms with E-state index < -0.39 is 0 Å². The number of piperidine rings is 1. The summed E-state index contributed by atoms with van der Waals surface area (Å²) < 4.78 is 32.5. The first-order valence-corrected chi connectivity index (χ1v) is 14.4. The van der Waals surface area contributed by atoms with Gasteiger partial charge in [-0.25, -0.2) is 4.39 Å². The Morgan fingerprint density at radius 3 is 2.77 bits per heavy atom. The van der Waals surface area contributed by atoms with Gasteiger partial charge in [-0.3, -0.25) is 4.79 Å². The first-order chi connectivity index (χ1) is 18.9. The van der Waals surface area contributed by atoms with E-state index >= 15 is 4.39 Å². The SMILES string of the molecule is CCOC(=O)CCc1ccc(N2C[C@@H]3C[C@H]2C[C@H]3OCc2c(-c3c(C)cccc3Cl)noc2C2CC2)c(F)c1. The number of rotatable bonds is 10. The molecule has 2 heterocycles. The molecule has 206 valence electrons. The Morgan fingerprint density at radius 2 is 2.08 bits per heavy atom. The molecule has 0 N–H and O–H groups in total. The molecule has 2 aliphatic carbocycles. The highest BCUT2D eigenvalue weighted by Crippen LogP contribution is 2.47.